The number of nitrogens with two attached hydrogens (primary N) is 2. The molecule has 0 saturated heterocycles. The van der Waals surface area contributed by atoms with Crippen LogP contribution in [0.1, 0.15) is 91.0 Å². The van der Waals surface area contributed by atoms with E-state index in [-0.39, 0.29) is 24.4 Å². The molecule has 5 N–H and O–H groups in total. The lowest BCUT2D eigenvalue weighted by Crippen LogP contribution is -2.37. The minimum Gasteiger partial charge on any atom is -0.463 e. The van der Waals surface area contributed by atoms with Crippen LogP contribution in [-0.4, -0.2) is 82.3 Å². The van der Waals surface area contributed by atoms with Crippen molar-refractivity contribution in [3.63, 3.8) is 0 Å². The molecule has 14 heteroatoms. The zero-order chi connectivity index (χ0) is 40.6. The number of hydrogen-bond donors (Lipinski definition) is 3. The molecule has 0 fully saturated rings. The molecule has 0 unspecified atom stereocenters. The minimum absolute atomic E-state index is 0.127. The van der Waals surface area contributed by atoms with E-state index < -0.39 is 0 Å². The third-order valence-electron chi connectivity index (χ3n) is 11.2. The number of nitrogens with one attached hydrogen (secondary N) is 1. The van der Waals surface area contributed by atoms with Gasteiger partial charge in [-0.05, 0) is 72.2 Å². The third kappa shape index (κ3) is 9.84. The van der Waals surface area contributed by atoms with Crippen molar-refractivity contribution in [1.29, 1.82) is 0 Å². The van der Waals surface area contributed by atoms with Crippen LogP contribution >= 0.6 is 0 Å². The van der Waals surface area contributed by atoms with Crippen molar-refractivity contribution < 1.29 is 19.1 Å². The molecule has 2 aromatic carbocycles. The molecule has 4 aromatic rings. The normalized spacial score (nSPS) is 16.1. The number of nitrogen functional groups attached to an aromatic ring is 2. The van der Waals surface area contributed by atoms with Crippen molar-refractivity contribution in [2.24, 2.45) is 0 Å². The molecule has 2 aromatic heterocycles. The zero-order valence-electron chi connectivity index (χ0n) is 34.3. The van der Waals surface area contributed by atoms with Gasteiger partial charge in [-0.3, -0.25) is 14.5 Å². The molecule has 0 saturated carbocycles. The van der Waals surface area contributed by atoms with Gasteiger partial charge >= 0.3 is 12.0 Å². The van der Waals surface area contributed by atoms with E-state index in [1.54, 1.807) is 0 Å². The molecule has 6 heterocycles. The predicted molar refractivity (Wildman–Crippen MR) is 226 cm³/mol. The van der Waals surface area contributed by atoms with Crippen LogP contribution in [-0.2, 0) is 61.5 Å². The van der Waals surface area contributed by atoms with Crippen LogP contribution in [0.25, 0.3) is 0 Å². The quantitative estimate of drug-likeness (QED) is 0.158. The van der Waals surface area contributed by atoms with Crippen LogP contribution < -0.4 is 36.1 Å². The Labute approximate surface area is 341 Å². The number of Topliss-reactive ketones (excluding diaryl/α,β-unsaturated/α-hetero) is 2. The molecule has 0 atom stereocenters. The maximum Gasteiger partial charge on any atom is 0.320 e. The summed E-state index contributed by atoms with van der Waals surface area (Å²) in [5.74, 6) is 2.38. The molecule has 8 rings (SSSR count). The van der Waals surface area contributed by atoms with E-state index in [2.05, 4.69) is 87.3 Å². The largest absolute Gasteiger partial charge is 0.463 e. The zero-order valence-corrected chi connectivity index (χ0v) is 34.3. The lowest BCUT2D eigenvalue weighted by atomic mass is 9.96. The van der Waals surface area contributed by atoms with E-state index in [4.69, 9.17) is 20.9 Å². The number of nitrogens with zero attached hydrogens (tertiary/aromatic N) is 7. The van der Waals surface area contributed by atoms with Gasteiger partial charge in [0.2, 0.25) is 0 Å². The second-order valence-electron chi connectivity index (χ2n) is 15.7. The Bertz CT molecular complexity index is 2110. The lowest BCUT2D eigenvalue weighted by molar-refractivity contribution is -0.118. The molecule has 58 heavy (non-hydrogen) atoms. The fraction of sp³-hybridized carbons (Fsp3) is 0.500. The van der Waals surface area contributed by atoms with Crippen LogP contribution in [0.15, 0.2) is 36.4 Å². The van der Waals surface area contributed by atoms with Crippen molar-refractivity contribution in [3.8, 4) is 12.0 Å². The summed E-state index contributed by atoms with van der Waals surface area (Å²) in [4.78, 5) is 48.9. The second-order valence-corrected chi connectivity index (χ2v) is 15.7. The predicted octanol–water partition coefficient (Wildman–Crippen LogP) is 4.76. The highest BCUT2D eigenvalue weighted by Crippen LogP contribution is 2.33. The Balaban J connectivity index is 0.000000177. The van der Waals surface area contributed by atoms with E-state index in [0.717, 1.165) is 88.4 Å². The number of rotatable bonds is 13. The van der Waals surface area contributed by atoms with E-state index >= 15 is 0 Å². The van der Waals surface area contributed by atoms with Crippen molar-refractivity contribution >= 4 is 34.8 Å². The van der Waals surface area contributed by atoms with Crippen LogP contribution in [0.5, 0.6) is 12.0 Å². The highest BCUT2D eigenvalue weighted by Gasteiger charge is 2.30. The highest BCUT2D eigenvalue weighted by atomic mass is 16.5. The Morgan fingerprint density at radius 1 is 0.672 bits per heavy atom. The Kier molecular flexibility index (Phi) is 13.3. The monoisotopic (exact) mass is 790 g/mol. The first-order valence-corrected chi connectivity index (χ1v) is 21.0. The molecule has 4 aliphatic rings. The van der Waals surface area contributed by atoms with Gasteiger partial charge in [0.15, 0.2) is 11.6 Å². The Hall–Kier alpha value is -5.34. The van der Waals surface area contributed by atoms with Crippen molar-refractivity contribution in [1.82, 2.24) is 30.2 Å². The first-order valence-electron chi connectivity index (χ1n) is 21.0. The summed E-state index contributed by atoms with van der Waals surface area (Å²) < 4.78 is 11.4. The lowest BCUT2D eigenvalue weighted by Gasteiger charge is -2.31. The van der Waals surface area contributed by atoms with Crippen LogP contribution in [0, 0.1) is 0 Å². The van der Waals surface area contributed by atoms with Gasteiger partial charge in [0, 0.05) is 56.7 Å². The third-order valence-corrected chi connectivity index (χ3v) is 11.2. The number of aromatic nitrogens is 4. The van der Waals surface area contributed by atoms with Gasteiger partial charge < -0.3 is 36.1 Å². The number of benzene rings is 2. The molecule has 0 spiro atoms. The summed E-state index contributed by atoms with van der Waals surface area (Å²) in [6.45, 7) is 14.5. The molecule has 308 valence electrons. The van der Waals surface area contributed by atoms with Gasteiger partial charge in [0.25, 0.3) is 0 Å². The molecule has 0 bridgehead atoms. The summed E-state index contributed by atoms with van der Waals surface area (Å²) in [7, 11) is 0. The summed E-state index contributed by atoms with van der Waals surface area (Å²) in [5, 5.41) is 3.41. The van der Waals surface area contributed by atoms with Gasteiger partial charge in [0.1, 0.15) is 23.3 Å². The second kappa shape index (κ2) is 18.9. The first kappa shape index (κ1) is 40.8. The summed E-state index contributed by atoms with van der Waals surface area (Å²) in [6.07, 6.45) is 6.66. The van der Waals surface area contributed by atoms with E-state index in [0.29, 0.717) is 74.2 Å². The SMILES string of the molecule is CCCCOc1nc(N)c2c(n1)N(Cc1ccc3c(c1)CN(CC)CC3)CC(=O)C2.CCCCOc1nc(N)c2c(n1)N(Cc1ccc3c(c1)CNCC3)CC(=O)C2. The number of hydrogen-bond acceptors (Lipinski definition) is 14. The fourth-order valence-corrected chi connectivity index (χ4v) is 8.00. The average Bonchev–Trinajstić information content (AvgIpc) is 3.22. The van der Waals surface area contributed by atoms with Gasteiger partial charge in [-0.1, -0.05) is 70.0 Å². The summed E-state index contributed by atoms with van der Waals surface area (Å²) in [6, 6.07) is 13.8. The topological polar surface area (TPSA) is 178 Å². The Morgan fingerprint density at radius 2 is 1.21 bits per heavy atom. The molecule has 14 nitrogen and oxygen atoms in total. The van der Waals surface area contributed by atoms with Crippen molar-refractivity contribution in [2.75, 3.05) is 67.2 Å². The molecule has 0 amide bonds. The van der Waals surface area contributed by atoms with Gasteiger partial charge in [-0.25, -0.2) is 0 Å². The number of fused-ring (bicyclic) bond motifs is 4. The van der Waals surface area contributed by atoms with Gasteiger partial charge in [-0.2, -0.15) is 19.9 Å². The molecular formula is C44H58N10O4. The van der Waals surface area contributed by atoms with E-state index in [1.165, 1.54) is 27.8 Å². The number of ether oxygens (including phenoxy) is 2. The Morgan fingerprint density at radius 3 is 1.74 bits per heavy atom. The van der Waals surface area contributed by atoms with E-state index in [1.807, 2.05) is 9.80 Å². The maximum atomic E-state index is 12.4. The summed E-state index contributed by atoms with van der Waals surface area (Å²) in [5.41, 5.74) is 21.6. The summed E-state index contributed by atoms with van der Waals surface area (Å²) >= 11 is 0. The fourth-order valence-electron chi connectivity index (χ4n) is 8.00. The number of ketones is 2. The molecule has 0 aliphatic carbocycles. The maximum absolute atomic E-state index is 12.4. The standard InChI is InChI=1S/C23H31N5O2.C21H27N5O2/c1-3-5-10-30-23-25-21(24)20-12-19(29)15-28(22(20)26-23)13-16-6-7-17-8-9-27(4-2)14-18(17)11-16;1-2-3-8-28-21-24-19(22)18-10-17(27)13-26(20(18)25-21)12-14-4-5-15-6-7-23-11-16(15)9-14/h6-7,11H,3-5,8-10,12-15H2,1-2H3,(H2,24,25,26);4-5,9,23H,2-3,6-8,10-13H2,1H3,(H2,22,24,25). The number of carbonyl (C=O) groups excluding carboxylic acids is 2. The number of likely N-dealkylation sites (N-methyl/N-ethyl adjacent to an activating group) is 1. The van der Waals surface area contributed by atoms with Gasteiger partial charge in [-0.15, -0.1) is 0 Å². The first-order chi connectivity index (χ1) is 28.2. The number of unbranched alkanes of at least 4 members (excludes halogenated alkanes) is 2. The highest BCUT2D eigenvalue weighted by molar-refractivity contribution is 5.92. The van der Waals surface area contributed by atoms with E-state index in [9.17, 15) is 9.59 Å². The number of anilines is 4. The number of carbonyl (C=O) groups is 2. The minimum atomic E-state index is 0.127. The van der Waals surface area contributed by atoms with Crippen molar-refractivity contribution in [3.05, 3.63) is 80.9 Å². The average molecular weight is 791 g/mol. The molecule has 0 radical (unpaired) electrons. The molecular weight excluding hydrogens is 733 g/mol. The van der Waals surface area contributed by atoms with Gasteiger partial charge in [0.05, 0.1) is 26.3 Å². The molecule has 4 aliphatic heterocycles. The van der Waals surface area contributed by atoms with Crippen molar-refractivity contribution in [2.45, 2.75) is 98.3 Å². The van der Waals surface area contributed by atoms with Crippen LogP contribution in [0.3, 0.4) is 0 Å². The smallest absolute Gasteiger partial charge is 0.320 e. The van der Waals surface area contributed by atoms with Crippen LogP contribution in [0.4, 0.5) is 23.3 Å². The van der Waals surface area contributed by atoms with Crippen LogP contribution in [0.2, 0.25) is 0 Å².